The normalized spacial score (nSPS) is 25.1. The molecule has 2 aliphatic heterocycles. The molecule has 4 rings (SSSR count). The maximum atomic E-state index is 14.3. The number of likely N-dealkylation sites (N-methyl/N-ethyl adjacent to an activating group) is 2. The van der Waals surface area contributed by atoms with E-state index in [0.717, 1.165) is 37.7 Å². The number of anilines is 1. The van der Waals surface area contributed by atoms with Gasteiger partial charge >= 0.3 is 0 Å². The number of nitrogen functional groups attached to an aromatic ring is 1. The van der Waals surface area contributed by atoms with E-state index < -0.39 is 36.3 Å². The molecule has 1 aromatic carbocycles. The summed E-state index contributed by atoms with van der Waals surface area (Å²) in [5.74, 6) is -1.11. The number of aliphatic hydroxyl groups excluding tert-OH is 1. The van der Waals surface area contributed by atoms with Crippen LogP contribution in [0.5, 0.6) is 0 Å². The number of nitrogens with zero attached hydrogens (tertiary/aromatic N) is 3. The molecule has 13 heteroatoms. The number of rotatable bonds is 19. The van der Waals surface area contributed by atoms with Gasteiger partial charge in [-0.3, -0.25) is 24.1 Å². The number of hydrogen-bond acceptors (Lipinski definition) is 9. The van der Waals surface area contributed by atoms with Crippen LogP contribution in [0.3, 0.4) is 0 Å². The Hall–Kier alpha value is -3.26. The monoisotopic (exact) mass is 757 g/mol. The summed E-state index contributed by atoms with van der Waals surface area (Å²) in [6, 6.07) is 5.55. The van der Waals surface area contributed by atoms with Crippen LogP contribution in [0.1, 0.15) is 85.1 Å². The molecule has 0 aromatic heterocycles. The number of nitrogens with one attached hydrogen (secondary N) is 2. The number of carbonyl (C=O) groups excluding carboxylic acids is 4. The Bertz CT molecular complexity index is 1410. The zero-order chi connectivity index (χ0) is 39.9. The number of carbonyl (C=O) groups is 4. The minimum atomic E-state index is -0.718. The summed E-state index contributed by atoms with van der Waals surface area (Å²) in [5.41, 5.74) is 7.39. The number of fused-ring (bicyclic) bond motifs is 2. The highest BCUT2D eigenvalue weighted by Crippen LogP contribution is 2.41. The summed E-state index contributed by atoms with van der Waals surface area (Å²) in [7, 11) is 6.90. The summed E-state index contributed by atoms with van der Waals surface area (Å²) in [4.78, 5) is 61.4. The molecule has 2 heterocycles. The minimum Gasteiger partial charge on any atom is -0.399 e. The van der Waals surface area contributed by atoms with Gasteiger partial charge in [0.05, 0.1) is 55.3 Å². The molecular weight excluding hydrogens is 688 g/mol. The van der Waals surface area contributed by atoms with Gasteiger partial charge < -0.3 is 40.7 Å². The lowest BCUT2D eigenvalue weighted by Crippen LogP contribution is -2.60. The van der Waals surface area contributed by atoms with E-state index in [1.165, 1.54) is 0 Å². The van der Waals surface area contributed by atoms with E-state index in [2.05, 4.69) is 29.4 Å². The topological polar surface area (TPSA) is 167 Å². The zero-order valence-corrected chi connectivity index (χ0v) is 34.1. The van der Waals surface area contributed by atoms with E-state index >= 15 is 0 Å². The Balaban J connectivity index is 1.44. The van der Waals surface area contributed by atoms with Gasteiger partial charge in [-0.1, -0.05) is 53.2 Å². The number of methoxy groups -OCH3 is 2. The summed E-state index contributed by atoms with van der Waals surface area (Å²) in [6.07, 6.45) is 4.67. The summed E-state index contributed by atoms with van der Waals surface area (Å²) >= 11 is 0. The SMILES string of the molecule is CC[C@H](C)[C@@H]([C@@H](CC(=O)N1CCCC1[C@H](OC)[C@@H](C)C(=O)NC(CO)Cc1ccc(N)cc1)OC)N(C)C(=O)C(NC(=O)[C@@H]1[C@H]2CC[C@H](C2)N1C)C(C)C. The molecule has 0 radical (unpaired) electrons. The summed E-state index contributed by atoms with van der Waals surface area (Å²) in [6.45, 7) is 10.1. The average Bonchev–Trinajstić information content (AvgIpc) is 3.91. The lowest BCUT2D eigenvalue weighted by atomic mass is 9.89. The molecule has 304 valence electrons. The van der Waals surface area contributed by atoms with E-state index in [0.29, 0.717) is 37.0 Å². The third-order valence-corrected chi connectivity index (χ3v) is 12.7. The number of ether oxygens (including phenoxy) is 2. The molecule has 1 aromatic rings. The highest BCUT2D eigenvalue weighted by atomic mass is 16.5. The number of likely N-dealkylation sites (tertiary alicyclic amines) is 2. The fourth-order valence-corrected chi connectivity index (χ4v) is 9.32. The van der Waals surface area contributed by atoms with E-state index in [9.17, 15) is 24.3 Å². The van der Waals surface area contributed by atoms with Crippen LogP contribution in [0.15, 0.2) is 24.3 Å². The minimum absolute atomic E-state index is 0.00514. The molecule has 13 nitrogen and oxygen atoms in total. The number of piperidine rings is 1. The highest BCUT2D eigenvalue weighted by Gasteiger charge is 2.48. The predicted molar refractivity (Wildman–Crippen MR) is 209 cm³/mol. The van der Waals surface area contributed by atoms with Crippen LogP contribution in [0, 0.1) is 23.7 Å². The number of benzene rings is 1. The van der Waals surface area contributed by atoms with Crippen molar-refractivity contribution in [2.45, 2.75) is 134 Å². The largest absolute Gasteiger partial charge is 0.399 e. The van der Waals surface area contributed by atoms with Crippen molar-refractivity contribution >= 4 is 29.3 Å². The first-order valence-corrected chi connectivity index (χ1v) is 20.1. The second-order valence-electron chi connectivity index (χ2n) is 16.5. The second-order valence-corrected chi connectivity index (χ2v) is 16.5. The molecule has 3 unspecified atom stereocenters. The molecule has 4 amide bonds. The molecule has 54 heavy (non-hydrogen) atoms. The van der Waals surface area contributed by atoms with Gasteiger partial charge in [0.2, 0.25) is 23.6 Å². The number of hydrogen-bond donors (Lipinski definition) is 4. The Labute approximate surface area is 323 Å². The van der Waals surface area contributed by atoms with Crippen molar-refractivity contribution in [2.24, 2.45) is 23.7 Å². The second kappa shape index (κ2) is 19.6. The third kappa shape index (κ3) is 9.94. The van der Waals surface area contributed by atoms with Gasteiger partial charge in [0.25, 0.3) is 0 Å². The molecule has 11 atom stereocenters. The van der Waals surface area contributed by atoms with E-state index in [1.54, 1.807) is 50.1 Å². The molecule has 3 fully saturated rings. The van der Waals surface area contributed by atoms with Gasteiger partial charge in [-0.05, 0) is 81.0 Å². The van der Waals surface area contributed by atoms with Crippen LogP contribution in [-0.4, -0.2) is 133 Å². The fourth-order valence-electron chi connectivity index (χ4n) is 9.32. The highest BCUT2D eigenvalue weighted by molar-refractivity contribution is 5.90. The zero-order valence-electron chi connectivity index (χ0n) is 34.1. The van der Waals surface area contributed by atoms with Gasteiger partial charge in [-0.25, -0.2) is 0 Å². The number of amides is 4. The summed E-state index contributed by atoms with van der Waals surface area (Å²) < 4.78 is 12.0. The van der Waals surface area contributed by atoms with Crippen LogP contribution in [0.4, 0.5) is 5.69 Å². The van der Waals surface area contributed by atoms with Crippen molar-refractivity contribution in [3.05, 3.63) is 29.8 Å². The Kier molecular flexibility index (Phi) is 15.7. The first-order valence-electron chi connectivity index (χ1n) is 20.1. The third-order valence-electron chi connectivity index (χ3n) is 12.7. The molecule has 2 bridgehead atoms. The van der Waals surface area contributed by atoms with Gasteiger partial charge in [-0.2, -0.15) is 0 Å². The average molecular weight is 757 g/mol. The lowest BCUT2D eigenvalue weighted by Gasteiger charge is -2.41. The molecule has 1 saturated carbocycles. The van der Waals surface area contributed by atoms with Crippen molar-refractivity contribution in [3.8, 4) is 0 Å². The fraction of sp³-hybridized carbons (Fsp3) is 0.756. The van der Waals surface area contributed by atoms with Crippen molar-refractivity contribution in [1.29, 1.82) is 0 Å². The quantitative estimate of drug-likeness (QED) is 0.155. The number of nitrogens with two attached hydrogens (primary N) is 1. The van der Waals surface area contributed by atoms with Gasteiger partial charge in [0.15, 0.2) is 0 Å². The molecule has 2 saturated heterocycles. The molecule has 0 spiro atoms. The van der Waals surface area contributed by atoms with Gasteiger partial charge in [-0.15, -0.1) is 0 Å². The van der Waals surface area contributed by atoms with Crippen molar-refractivity contribution in [1.82, 2.24) is 25.3 Å². The Morgan fingerprint density at radius 2 is 1.70 bits per heavy atom. The maximum absolute atomic E-state index is 14.3. The van der Waals surface area contributed by atoms with E-state index in [-0.39, 0.29) is 60.6 Å². The molecule has 3 aliphatic rings. The van der Waals surface area contributed by atoms with E-state index in [1.807, 2.05) is 33.0 Å². The smallest absolute Gasteiger partial charge is 0.245 e. The summed E-state index contributed by atoms with van der Waals surface area (Å²) in [5, 5.41) is 16.2. The first-order chi connectivity index (χ1) is 25.7. The Morgan fingerprint density at radius 3 is 2.26 bits per heavy atom. The van der Waals surface area contributed by atoms with Crippen LogP contribution in [0.2, 0.25) is 0 Å². The van der Waals surface area contributed by atoms with Crippen molar-refractivity contribution in [3.63, 3.8) is 0 Å². The van der Waals surface area contributed by atoms with E-state index in [4.69, 9.17) is 15.2 Å². The lowest BCUT2D eigenvalue weighted by molar-refractivity contribution is -0.148. The number of aliphatic hydroxyl groups is 1. The molecule has 1 aliphatic carbocycles. The molecular formula is C41H68N6O7. The van der Waals surface area contributed by atoms with Crippen LogP contribution < -0.4 is 16.4 Å². The molecule has 5 N–H and O–H groups in total. The van der Waals surface area contributed by atoms with Crippen molar-refractivity contribution < 1.29 is 33.8 Å². The Morgan fingerprint density at radius 1 is 1.02 bits per heavy atom. The first kappa shape index (κ1) is 43.5. The van der Waals surface area contributed by atoms with Crippen molar-refractivity contribution in [2.75, 3.05) is 47.2 Å². The standard InChI is InChI=1S/C41H68N6O7/c1-10-25(4)36(46(7)41(52)35(24(2)3)44-40(51)37-28-15-18-31(21-28)45(37)6)33(53-8)22-34(49)47-19-11-12-32(47)38(54-9)26(5)39(50)43-30(23-48)20-27-13-16-29(42)17-14-27/h13-14,16-17,24-26,28,30-33,35-38,48H,10-12,15,18-23,42H2,1-9H3,(H,43,50)(H,44,51)/t25-,26+,28-,30?,31+,32?,33+,35?,36-,37-,38+/m0/s1. The van der Waals surface area contributed by atoms with Crippen LogP contribution >= 0.6 is 0 Å². The predicted octanol–water partition coefficient (Wildman–Crippen LogP) is 2.83. The van der Waals surface area contributed by atoms with Crippen LogP contribution in [-0.2, 0) is 35.1 Å². The van der Waals surface area contributed by atoms with Gasteiger partial charge in [0, 0.05) is 39.5 Å². The maximum Gasteiger partial charge on any atom is 0.245 e. The van der Waals surface area contributed by atoms with Gasteiger partial charge in [0.1, 0.15) is 6.04 Å². The van der Waals surface area contributed by atoms with Crippen LogP contribution in [0.25, 0.3) is 0 Å².